The summed E-state index contributed by atoms with van der Waals surface area (Å²) < 4.78 is 30.7. The van der Waals surface area contributed by atoms with E-state index in [1.165, 1.54) is 7.11 Å². The fourth-order valence-corrected chi connectivity index (χ4v) is 1.68. The standard InChI is InChI=1S/C12H10F2O/c1-15-10-7-6-8-4-2-3-5-9(8)11(10)12(13)14/h2-7,12H,1H3. The minimum absolute atomic E-state index is 0.0319. The van der Waals surface area contributed by atoms with Gasteiger partial charge in [-0.3, -0.25) is 0 Å². The fraction of sp³-hybridized carbons (Fsp3) is 0.167. The molecule has 15 heavy (non-hydrogen) atoms. The Morgan fingerprint density at radius 1 is 1.07 bits per heavy atom. The summed E-state index contributed by atoms with van der Waals surface area (Å²) in [6, 6.07) is 10.4. The molecule has 3 heteroatoms. The predicted octanol–water partition coefficient (Wildman–Crippen LogP) is 3.79. The second-order valence-electron chi connectivity index (χ2n) is 3.20. The lowest BCUT2D eigenvalue weighted by atomic mass is 10.0. The Labute approximate surface area is 86.3 Å². The summed E-state index contributed by atoms with van der Waals surface area (Å²) in [6.45, 7) is 0. The molecule has 0 spiro atoms. The zero-order valence-electron chi connectivity index (χ0n) is 8.21. The first-order valence-corrected chi connectivity index (χ1v) is 4.58. The summed E-state index contributed by atoms with van der Waals surface area (Å²) >= 11 is 0. The molecule has 0 aliphatic carbocycles. The van der Waals surface area contributed by atoms with Crippen molar-refractivity contribution in [3.05, 3.63) is 42.0 Å². The van der Waals surface area contributed by atoms with Crippen LogP contribution in [0.5, 0.6) is 5.75 Å². The highest BCUT2D eigenvalue weighted by molar-refractivity contribution is 5.88. The average Bonchev–Trinajstić information content (AvgIpc) is 2.27. The first kappa shape index (κ1) is 9.90. The van der Waals surface area contributed by atoms with Gasteiger partial charge in [0.25, 0.3) is 6.43 Å². The van der Waals surface area contributed by atoms with Crippen LogP contribution in [0.3, 0.4) is 0 Å². The highest BCUT2D eigenvalue weighted by Crippen LogP contribution is 2.35. The number of methoxy groups -OCH3 is 1. The van der Waals surface area contributed by atoms with Crippen molar-refractivity contribution in [2.45, 2.75) is 6.43 Å². The third-order valence-corrected chi connectivity index (χ3v) is 2.37. The van der Waals surface area contributed by atoms with E-state index < -0.39 is 6.43 Å². The fourth-order valence-electron chi connectivity index (χ4n) is 1.68. The van der Waals surface area contributed by atoms with Gasteiger partial charge in [-0.05, 0) is 16.8 Å². The van der Waals surface area contributed by atoms with Gasteiger partial charge in [0.2, 0.25) is 0 Å². The largest absolute Gasteiger partial charge is 0.496 e. The minimum atomic E-state index is -2.52. The Bertz CT molecular complexity index is 480. The topological polar surface area (TPSA) is 9.23 Å². The molecule has 0 unspecified atom stereocenters. The molecule has 0 fully saturated rings. The van der Waals surface area contributed by atoms with E-state index in [-0.39, 0.29) is 11.3 Å². The first-order chi connectivity index (χ1) is 7.24. The third kappa shape index (κ3) is 1.65. The molecule has 0 aliphatic heterocycles. The molecule has 0 amide bonds. The van der Waals surface area contributed by atoms with Gasteiger partial charge in [-0.25, -0.2) is 8.78 Å². The van der Waals surface area contributed by atoms with E-state index in [1.807, 2.05) is 6.07 Å². The highest BCUT2D eigenvalue weighted by Gasteiger charge is 2.16. The van der Waals surface area contributed by atoms with Crippen LogP contribution in [-0.4, -0.2) is 7.11 Å². The van der Waals surface area contributed by atoms with Crippen molar-refractivity contribution >= 4 is 10.8 Å². The average molecular weight is 208 g/mol. The number of benzene rings is 2. The summed E-state index contributed by atoms with van der Waals surface area (Å²) in [6.07, 6.45) is -2.52. The van der Waals surface area contributed by atoms with Crippen molar-refractivity contribution in [3.63, 3.8) is 0 Å². The Kier molecular flexibility index (Phi) is 2.54. The van der Waals surface area contributed by atoms with Crippen molar-refractivity contribution < 1.29 is 13.5 Å². The van der Waals surface area contributed by atoms with Gasteiger partial charge in [-0.1, -0.05) is 30.3 Å². The molecule has 0 atom stereocenters. The van der Waals surface area contributed by atoms with E-state index in [1.54, 1.807) is 30.3 Å². The zero-order chi connectivity index (χ0) is 10.8. The van der Waals surface area contributed by atoms with Crippen LogP contribution in [0.15, 0.2) is 36.4 Å². The van der Waals surface area contributed by atoms with Crippen LogP contribution in [-0.2, 0) is 0 Å². The molecule has 0 aliphatic rings. The number of ether oxygens (including phenoxy) is 1. The van der Waals surface area contributed by atoms with Gasteiger partial charge in [0.05, 0.1) is 12.7 Å². The molecule has 0 radical (unpaired) electrons. The van der Waals surface area contributed by atoms with Crippen LogP contribution < -0.4 is 4.74 Å². The van der Waals surface area contributed by atoms with Crippen LogP contribution in [0.1, 0.15) is 12.0 Å². The minimum Gasteiger partial charge on any atom is -0.496 e. The Hall–Kier alpha value is -1.64. The van der Waals surface area contributed by atoms with E-state index in [9.17, 15) is 8.78 Å². The lowest BCUT2D eigenvalue weighted by Crippen LogP contribution is -1.93. The Balaban J connectivity index is 2.79. The van der Waals surface area contributed by atoms with Gasteiger partial charge in [0, 0.05) is 0 Å². The smallest absolute Gasteiger partial charge is 0.268 e. The van der Waals surface area contributed by atoms with Crippen LogP contribution in [0, 0.1) is 0 Å². The molecule has 1 nitrogen and oxygen atoms in total. The molecular formula is C12H10F2O. The molecule has 2 aromatic carbocycles. The van der Waals surface area contributed by atoms with E-state index in [0.29, 0.717) is 5.39 Å². The number of halogens is 2. The van der Waals surface area contributed by atoms with E-state index in [4.69, 9.17) is 4.74 Å². The van der Waals surface area contributed by atoms with Crippen molar-refractivity contribution in [1.29, 1.82) is 0 Å². The van der Waals surface area contributed by atoms with Crippen LogP contribution in [0.4, 0.5) is 8.78 Å². The van der Waals surface area contributed by atoms with Crippen molar-refractivity contribution in [1.82, 2.24) is 0 Å². The highest BCUT2D eigenvalue weighted by atomic mass is 19.3. The molecule has 78 valence electrons. The van der Waals surface area contributed by atoms with Gasteiger partial charge in [0.15, 0.2) is 0 Å². The van der Waals surface area contributed by atoms with Gasteiger partial charge in [0.1, 0.15) is 5.75 Å². The van der Waals surface area contributed by atoms with Gasteiger partial charge < -0.3 is 4.74 Å². The Morgan fingerprint density at radius 3 is 2.47 bits per heavy atom. The Morgan fingerprint density at radius 2 is 1.80 bits per heavy atom. The summed E-state index contributed by atoms with van der Waals surface area (Å²) in [5.41, 5.74) is -0.0319. The predicted molar refractivity (Wildman–Crippen MR) is 55.5 cm³/mol. The van der Waals surface area contributed by atoms with Crippen molar-refractivity contribution in [3.8, 4) is 5.75 Å². The summed E-state index contributed by atoms with van der Waals surface area (Å²) in [4.78, 5) is 0. The lowest BCUT2D eigenvalue weighted by Gasteiger charge is -2.10. The molecule has 0 aromatic heterocycles. The molecule has 0 bridgehead atoms. The maximum atomic E-state index is 12.9. The van der Waals surface area contributed by atoms with Gasteiger partial charge in [-0.2, -0.15) is 0 Å². The first-order valence-electron chi connectivity index (χ1n) is 4.58. The quantitative estimate of drug-likeness (QED) is 0.729. The second kappa shape index (κ2) is 3.85. The number of fused-ring (bicyclic) bond motifs is 1. The number of hydrogen-bond acceptors (Lipinski definition) is 1. The van der Waals surface area contributed by atoms with Crippen LogP contribution >= 0.6 is 0 Å². The van der Waals surface area contributed by atoms with E-state index in [0.717, 1.165) is 5.39 Å². The summed E-state index contributed by atoms with van der Waals surface area (Å²) in [7, 11) is 1.40. The van der Waals surface area contributed by atoms with E-state index >= 15 is 0 Å². The monoisotopic (exact) mass is 208 g/mol. The number of rotatable bonds is 2. The molecule has 0 heterocycles. The molecule has 2 rings (SSSR count). The second-order valence-corrected chi connectivity index (χ2v) is 3.20. The number of hydrogen-bond donors (Lipinski definition) is 0. The van der Waals surface area contributed by atoms with Crippen molar-refractivity contribution in [2.75, 3.05) is 7.11 Å². The third-order valence-electron chi connectivity index (χ3n) is 2.37. The van der Waals surface area contributed by atoms with Gasteiger partial charge in [-0.15, -0.1) is 0 Å². The molecular weight excluding hydrogens is 198 g/mol. The number of alkyl halides is 2. The molecule has 0 saturated carbocycles. The summed E-state index contributed by atoms with van der Waals surface area (Å²) in [5, 5.41) is 1.35. The van der Waals surface area contributed by atoms with Crippen LogP contribution in [0.25, 0.3) is 10.8 Å². The van der Waals surface area contributed by atoms with Crippen molar-refractivity contribution in [2.24, 2.45) is 0 Å². The SMILES string of the molecule is COc1ccc2ccccc2c1C(F)F. The maximum absolute atomic E-state index is 12.9. The van der Waals surface area contributed by atoms with Crippen LogP contribution in [0.2, 0.25) is 0 Å². The molecule has 0 N–H and O–H groups in total. The maximum Gasteiger partial charge on any atom is 0.268 e. The normalized spacial score (nSPS) is 10.9. The van der Waals surface area contributed by atoms with Gasteiger partial charge >= 0.3 is 0 Å². The van der Waals surface area contributed by atoms with E-state index in [2.05, 4.69) is 0 Å². The lowest BCUT2D eigenvalue weighted by molar-refractivity contribution is 0.149. The zero-order valence-corrected chi connectivity index (χ0v) is 8.21. The molecule has 0 saturated heterocycles. The molecule has 2 aromatic rings. The summed E-state index contributed by atoms with van der Waals surface area (Å²) in [5.74, 6) is 0.240.